The van der Waals surface area contributed by atoms with Gasteiger partial charge in [0.25, 0.3) is 0 Å². The third-order valence-corrected chi connectivity index (χ3v) is 4.35. The van der Waals surface area contributed by atoms with E-state index in [1.807, 2.05) is 0 Å². The van der Waals surface area contributed by atoms with Crippen LogP contribution >= 0.6 is 11.8 Å². The predicted octanol–water partition coefficient (Wildman–Crippen LogP) is 4.76. The van der Waals surface area contributed by atoms with Crippen LogP contribution in [0.25, 0.3) is 0 Å². The summed E-state index contributed by atoms with van der Waals surface area (Å²) in [7, 11) is 3.51. The number of benzene rings is 1. The Balaban J connectivity index is 2.40. The van der Waals surface area contributed by atoms with Crippen LogP contribution in [-0.2, 0) is 0 Å². The van der Waals surface area contributed by atoms with Crippen LogP contribution in [-0.4, -0.2) is 41.7 Å². The fraction of sp³-hybridized carbons (Fsp3) is 0.312. The standard InChI is InChI=1S/C16H17F4N3S/c1-10-7-11(17)13(8-14(10)24-9-16(18,19)20)22-15(23(2)3)12-5-4-6-21-12/h4-8,21H,9H2,1-3H3. The number of alkyl halides is 3. The Bertz CT molecular complexity index is 722. The van der Waals surface area contributed by atoms with Gasteiger partial charge in [0.15, 0.2) is 5.84 Å². The van der Waals surface area contributed by atoms with Gasteiger partial charge in [-0.1, -0.05) is 0 Å². The Kier molecular flexibility index (Phi) is 5.58. The molecule has 0 amide bonds. The lowest BCUT2D eigenvalue weighted by atomic mass is 10.2. The molecule has 2 rings (SSSR count). The average Bonchev–Trinajstić information content (AvgIpc) is 2.97. The van der Waals surface area contributed by atoms with Gasteiger partial charge in [0, 0.05) is 25.2 Å². The topological polar surface area (TPSA) is 31.4 Å². The number of rotatable bonds is 4. The Morgan fingerprint density at radius 2 is 2.00 bits per heavy atom. The van der Waals surface area contributed by atoms with Gasteiger partial charge in [0.1, 0.15) is 11.5 Å². The molecule has 1 N–H and O–H groups in total. The Morgan fingerprint density at radius 1 is 1.29 bits per heavy atom. The number of thioether (sulfide) groups is 1. The molecule has 130 valence electrons. The van der Waals surface area contributed by atoms with Crippen LogP contribution < -0.4 is 0 Å². The number of halogens is 4. The van der Waals surface area contributed by atoms with Gasteiger partial charge < -0.3 is 9.88 Å². The van der Waals surface area contributed by atoms with Crippen molar-refractivity contribution in [2.45, 2.75) is 18.0 Å². The van der Waals surface area contributed by atoms with Crippen molar-refractivity contribution >= 4 is 23.3 Å². The van der Waals surface area contributed by atoms with Crippen molar-refractivity contribution in [3.05, 3.63) is 47.5 Å². The summed E-state index contributed by atoms with van der Waals surface area (Å²) in [6, 6.07) is 6.13. The second-order valence-corrected chi connectivity index (χ2v) is 6.40. The van der Waals surface area contributed by atoms with E-state index in [1.165, 1.54) is 12.1 Å². The number of aromatic amines is 1. The number of amidine groups is 1. The van der Waals surface area contributed by atoms with Gasteiger partial charge in [-0.05, 0) is 36.8 Å². The number of nitrogens with zero attached hydrogens (tertiary/aromatic N) is 2. The molecule has 8 heteroatoms. The molecule has 0 bridgehead atoms. The number of aliphatic imine (C=N–C) groups is 1. The molecular formula is C16H17F4N3S. The maximum absolute atomic E-state index is 14.2. The molecule has 2 aromatic rings. The minimum atomic E-state index is -4.28. The van der Waals surface area contributed by atoms with Crippen LogP contribution in [0.1, 0.15) is 11.3 Å². The van der Waals surface area contributed by atoms with E-state index in [0.717, 1.165) is 0 Å². The van der Waals surface area contributed by atoms with Crippen LogP contribution in [0.4, 0.5) is 23.2 Å². The van der Waals surface area contributed by atoms with E-state index in [-0.39, 0.29) is 5.69 Å². The quantitative estimate of drug-likeness (QED) is 0.369. The zero-order valence-corrected chi connectivity index (χ0v) is 14.2. The van der Waals surface area contributed by atoms with Crippen LogP contribution in [0.3, 0.4) is 0 Å². The SMILES string of the molecule is Cc1cc(F)c(N=C(c2ccc[nH]2)N(C)C)cc1SCC(F)(F)F. The third kappa shape index (κ3) is 4.77. The lowest BCUT2D eigenvalue weighted by Gasteiger charge is -2.15. The normalized spacial score (nSPS) is 12.5. The molecule has 0 aliphatic rings. The third-order valence-electron chi connectivity index (χ3n) is 3.12. The largest absolute Gasteiger partial charge is 0.398 e. The highest BCUT2D eigenvalue weighted by molar-refractivity contribution is 7.99. The summed E-state index contributed by atoms with van der Waals surface area (Å²) in [5, 5.41) is 0. The fourth-order valence-corrected chi connectivity index (χ4v) is 2.83. The molecule has 0 radical (unpaired) electrons. The zero-order valence-electron chi connectivity index (χ0n) is 13.4. The summed E-state index contributed by atoms with van der Waals surface area (Å²) in [6.45, 7) is 1.58. The van der Waals surface area contributed by atoms with Gasteiger partial charge >= 0.3 is 6.18 Å². The summed E-state index contributed by atoms with van der Waals surface area (Å²) in [6.07, 6.45) is -2.57. The molecule has 0 aliphatic carbocycles. The van der Waals surface area contributed by atoms with E-state index in [2.05, 4.69) is 9.98 Å². The minimum Gasteiger partial charge on any atom is -0.361 e. The Hall–Kier alpha value is -1.96. The summed E-state index contributed by atoms with van der Waals surface area (Å²) in [4.78, 5) is 9.33. The van der Waals surface area contributed by atoms with E-state index < -0.39 is 17.7 Å². The molecule has 0 saturated carbocycles. The van der Waals surface area contributed by atoms with Crippen molar-refractivity contribution in [1.29, 1.82) is 0 Å². The number of aryl methyl sites for hydroxylation is 1. The van der Waals surface area contributed by atoms with Crippen LogP contribution in [0.15, 0.2) is 40.4 Å². The van der Waals surface area contributed by atoms with Crippen LogP contribution in [0.2, 0.25) is 0 Å². The summed E-state index contributed by atoms with van der Waals surface area (Å²) < 4.78 is 51.5. The molecule has 3 nitrogen and oxygen atoms in total. The number of aromatic nitrogens is 1. The summed E-state index contributed by atoms with van der Waals surface area (Å²) >= 11 is 0.627. The van der Waals surface area contributed by atoms with Crippen molar-refractivity contribution in [2.24, 2.45) is 4.99 Å². The molecule has 0 atom stereocenters. The highest BCUT2D eigenvalue weighted by atomic mass is 32.2. The van der Waals surface area contributed by atoms with Gasteiger partial charge in [0.2, 0.25) is 0 Å². The number of nitrogens with one attached hydrogen (secondary N) is 1. The molecule has 0 fully saturated rings. The molecule has 1 aromatic heterocycles. The average molecular weight is 359 g/mol. The maximum atomic E-state index is 14.2. The van der Waals surface area contributed by atoms with Crippen molar-refractivity contribution in [2.75, 3.05) is 19.8 Å². The molecule has 0 spiro atoms. The maximum Gasteiger partial charge on any atom is 0.398 e. The van der Waals surface area contributed by atoms with Crippen molar-refractivity contribution in [1.82, 2.24) is 9.88 Å². The van der Waals surface area contributed by atoms with Gasteiger partial charge in [-0.25, -0.2) is 9.38 Å². The molecule has 0 unspecified atom stereocenters. The molecule has 0 saturated heterocycles. The molecule has 24 heavy (non-hydrogen) atoms. The first-order valence-electron chi connectivity index (χ1n) is 7.07. The number of hydrogen-bond donors (Lipinski definition) is 1. The number of hydrogen-bond acceptors (Lipinski definition) is 2. The second kappa shape index (κ2) is 7.29. The van der Waals surface area contributed by atoms with Crippen molar-refractivity contribution in [3.63, 3.8) is 0 Å². The first kappa shape index (κ1) is 18.4. The van der Waals surface area contributed by atoms with E-state index in [0.29, 0.717) is 33.8 Å². The van der Waals surface area contributed by atoms with Crippen LogP contribution in [0.5, 0.6) is 0 Å². The summed E-state index contributed by atoms with van der Waals surface area (Å²) in [5.74, 6) is -1.12. The van der Waals surface area contributed by atoms with E-state index >= 15 is 0 Å². The van der Waals surface area contributed by atoms with Crippen molar-refractivity contribution in [3.8, 4) is 0 Å². The molecule has 1 aromatic carbocycles. The first-order valence-corrected chi connectivity index (χ1v) is 8.05. The highest BCUT2D eigenvalue weighted by Crippen LogP contribution is 2.33. The van der Waals surface area contributed by atoms with E-state index in [1.54, 1.807) is 44.2 Å². The highest BCUT2D eigenvalue weighted by Gasteiger charge is 2.27. The Morgan fingerprint density at radius 3 is 2.54 bits per heavy atom. The lowest BCUT2D eigenvalue weighted by Crippen LogP contribution is -2.23. The monoisotopic (exact) mass is 359 g/mol. The van der Waals surface area contributed by atoms with Gasteiger partial charge in [0.05, 0.1) is 11.4 Å². The second-order valence-electron chi connectivity index (χ2n) is 5.39. The lowest BCUT2D eigenvalue weighted by molar-refractivity contribution is -0.105. The van der Waals surface area contributed by atoms with Gasteiger partial charge in [-0.15, -0.1) is 11.8 Å². The number of H-pyrrole nitrogens is 1. The van der Waals surface area contributed by atoms with E-state index in [9.17, 15) is 17.6 Å². The van der Waals surface area contributed by atoms with Crippen molar-refractivity contribution < 1.29 is 17.6 Å². The van der Waals surface area contributed by atoms with Gasteiger partial charge in [-0.3, -0.25) is 0 Å². The smallest absolute Gasteiger partial charge is 0.361 e. The summed E-state index contributed by atoms with van der Waals surface area (Å²) in [5.41, 5.74) is 1.14. The minimum absolute atomic E-state index is 0.00331. The molecule has 1 heterocycles. The fourth-order valence-electron chi connectivity index (χ4n) is 2.03. The Labute approximate surface area is 141 Å². The zero-order chi connectivity index (χ0) is 17.9. The predicted molar refractivity (Wildman–Crippen MR) is 88.6 cm³/mol. The molecule has 0 aliphatic heterocycles. The van der Waals surface area contributed by atoms with Gasteiger partial charge in [-0.2, -0.15) is 13.2 Å². The van der Waals surface area contributed by atoms with E-state index in [4.69, 9.17) is 0 Å². The molecular weight excluding hydrogens is 342 g/mol. The first-order chi connectivity index (χ1) is 11.2. The van der Waals surface area contributed by atoms with Crippen LogP contribution in [0, 0.1) is 12.7 Å².